The second kappa shape index (κ2) is 6.97. The molecule has 0 amide bonds. The van der Waals surface area contributed by atoms with Crippen LogP contribution in [0.2, 0.25) is 0 Å². The van der Waals surface area contributed by atoms with Crippen molar-refractivity contribution in [2.45, 2.75) is 24.3 Å². The summed E-state index contributed by atoms with van der Waals surface area (Å²) in [7, 11) is 1.53. The number of hydrogen-bond donors (Lipinski definition) is 1. The summed E-state index contributed by atoms with van der Waals surface area (Å²) in [6.45, 7) is 0.210. The summed E-state index contributed by atoms with van der Waals surface area (Å²) >= 11 is 0. The molecule has 1 rings (SSSR count). The van der Waals surface area contributed by atoms with Crippen molar-refractivity contribution in [3.8, 4) is 0 Å². The van der Waals surface area contributed by atoms with Crippen molar-refractivity contribution < 1.29 is 37.8 Å². The van der Waals surface area contributed by atoms with Gasteiger partial charge in [-0.1, -0.05) is 0 Å². The fourth-order valence-corrected chi connectivity index (χ4v) is 2.71. The normalized spacial score (nSPS) is 35.6. The van der Waals surface area contributed by atoms with Crippen LogP contribution in [0.1, 0.15) is 0 Å². The SMILES string of the molecule is BC1OC(COC)C(OP(=O)(O)OOC)[C@@H]1OC. The Morgan fingerprint density at radius 2 is 2.00 bits per heavy atom. The van der Waals surface area contributed by atoms with E-state index in [1.54, 1.807) is 7.85 Å². The molecular weight excluding hydrogens is 266 g/mol. The summed E-state index contributed by atoms with van der Waals surface area (Å²) < 4.78 is 36.4. The van der Waals surface area contributed by atoms with Crippen LogP contribution >= 0.6 is 7.82 Å². The van der Waals surface area contributed by atoms with E-state index in [1.165, 1.54) is 14.2 Å². The largest absolute Gasteiger partial charge is 0.499 e. The van der Waals surface area contributed by atoms with E-state index in [2.05, 4.69) is 9.56 Å². The van der Waals surface area contributed by atoms with Crippen LogP contribution in [0.4, 0.5) is 0 Å². The average molecular weight is 284 g/mol. The topological polar surface area (TPSA) is 92.7 Å². The van der Waals surface area contributed by atoms with Crippen LogP contribution in [-0.4, -0.2) is 65.0 Å². The Morgan fingerprint density at radius 1 is 1.33 bits per heavy atom. The van der Waals surface area contributed by atoms with Gasteiger partial charge in [0.05, 0.1) is 19.7 Å². The Kier molecular flexibility index (Phi) is 6.23. The first kappa shape index (κ1) is 16.1. The van der Waals surface area contributed by atoms with Crippen molar-refractivity contribution in [1.29, 1.82) is 0 Å². The van der Waals surface area contributed by atoms with E-state index in [9.17, 15) is 9.46 Å². The summed E-state index contributed by atoms with van der Waals surface area (Å²) in [6.07, 6.45) is -1.79. The van der Waals surface area contributed by atoms with Crippen molar-refractivity contribution in [3.63, 3.8) is 0 Å². The Bertz CT molecular complexity index is 303. The van der Waals surface area contributed by atoms with Crippen LogP contribution in [0.25, 0.3) is 0 Å². The van der Waals surface area contributed by atoms with Gasteiger partial charge in [0.15, 0.2) is 0 Å². The van der Waals surface area contributed by atoms with Gasteiger partial charge in [-0.25, -0.2) is 9.45 Å². The molecule has 0 bridgehead atoms. The minimum Gasteiger partial charge on any atom is -0.382 e. The van der Waals surface area contributed by atoms with Gasteiger partial charge in [0.25, 0.3) is 0 Å². The van der Waals surface area contributed by atoms with Crippen LogP contribution in [-0.2, 0) is 32.9 Å². The highest BCUT2D eigenvalue weighted by atomic mass is 31.2. The average Bonchev–Trinajstić information content (AvgIpc) is 2.54. The summed E-state index contributed by atoms with van der Waals surface area (Å²) in [4.78, 5) is 13.6. The fourth-order valence-electron chi connectivity index (χ4n) is 1.93. The van der Waals surface area contributed by atoms with Crippen LogP contribution < -0.4 is 0 Å². The lowest BCUT2D eigenvalue weighted by atomic mass is 9.93. The molecule has 0 saturated carbocycles. The molecule has 8 nitrogen and oxygen atoms in total. The monoisotopic (exact) mass is 284 g/mol. The van der Waals surface area contributed by atoms with Crippen LogP contribution in [0.5, 0.6) is 0 Å². The van der Waals surface area contributed by atoms with Gasteiger partial charge in [-0.3, -0.25) is 4.52 Å². The minimum atomic E-state index is -4.32. The molecule has 0 spiro atoms. The van der Waals surface area contributed by atoms with Crippen LogP contribution in [0.3, 0.4) is 0 Å². The quantitative estimate of drug-likeness (QED) is 0.277. The van der Waals surface area contributed by atoms with Crippen LogP contribution in [0.15, 0.2) is 0 Å². The third kappa shape index (κ3) is 4.01. The van der Waals surface area contributed by atoms with E-state index in [0.717, 1.165) is 7.11 Å². The smallest absolute Gasteiger partial charge is 0.382 e. The molecule has 1 saturated heterocycles. The number of methoxy groups -OCH3 is 2. The predicted molar refractivity (Wildman–Crippen MR) is 62.7 cm³/mol. The van der Waals surface area contributed by atoms with Gasteiger partial charge in [0, 0.05) is 14.2 Å². The molecule has 18 heavy (non-hydrogen) atoms. The van der Waals surface area contributed by atoms with Gasteiger partial charge in [-0.05, 0) is 0 Å². The third-order valence-corrected chi connectivity index (χ3v) is 3.42. The molecule has 1 aliphatic rings. The molecule has 106 valence electrons. The van der Waals surface area contributed by atoms with E-state index in [4.69, 9.17) is 18.7 Å². The Labute approximate surface area is 106 Å². The maximum absolute atomic E-state index is 11.5. The highest BCUT2D eigenvalue weighted by Crippen LogP contribution is 2.47. The van der Waals surface area contributed by atoms with Gasteiger partial charge in [0.1, 0.15) is 26.2 Å². The van der Waals surface area contributed by atoms with Crippen molar-refractivity contribution in [1.82, 2.24) is 0 Å². The van der Waals surface area contributed by atoms with Crippen molar-refractivity contribution in [2.75, 3.05) is 27.9 Å². The van der Waals surface area contributed by atoms with Gasteiger partial charge in [-0.2, -0.15) is 0 Å². The molecular formula is C8H18BO8P. The van der Waals surface area contributed by atoms with Gasteiger partial charge < -0.3 is 19.1 Å². The molecule has 0 aliphatic carbocycles. The third-order valence-electron chi connectivity index (χ3n) is 2.57. The van der Waals surface area contributed by atoms with Crippen molar-refractivity contribution >= 4 is 15.7 Å². The Hall–Kier alpha value is 0.0149. The maximum atomic E-state index is 11.5. The highest BCUT2D eigenvalue weighted by Gasteiger charge is 2.47. The number of rotatable bonds is 7. The fraction of sp³-hybridized carbons (Fsp3) is 1.00. The first-order valence-electron chi connectivity index (χ1n) is 5.36. The van der Waals surface area contributed by atoms with Crippen molar-refractivity contribution in [2.24, 2.45) is 0 Å². The Morgan fingerprint density at radius 3 is 2.50 bits per heavy atom. The summed E-state index contributed by atoms with van der Waals surface area (Å²) in [5.41, 5.74) is 0. The van der Waals surface area contributed by atoms with Crippen LogP contribution in [0, 0.1) is 0 Å². The molecule has 1 N–H and O–H groups in total. The minimum absolute atomic E-state index is 0.210. The van der Waals surface area contributed by atoms with E-state index in [-0.39, 0.29) is 12.6 Å². The van der Waals surface area contributed by atoms with Gasteiger partial charge >= 0.3 is 7.82 Å². The second-order valence-corrected chi connectivity index (χ2v) is 5.11. The summed E-state index contributed by atoms with van der Waals surface area (Å²) in [5.74, 6) is 0. The molecule has 1 aliphatic heterocycles. The summed E-state index contributed by atoms with van der Waals surface area (Å²) in [6, 6.07) is -0.289. The van der Waals surface area contributed by atoms with Gasteiger partial charge in [-0.15, -0.1) is 4.67 Å². The lowest BCUT2D eigenvalue weighted by molar-refractivity contribution is -0.203. The molecule has 5 atom stereocenters. The van der Waals surface area contributed by atoms with Gasteiger partial charge in [0.2, 0.25) is 0 Å². The highest BCUT2D eigenvalue weighted by molar-refractivity contribution is 7.47. The second-order valence-electron chi connectivity index (χ2n) is 3.82. The first-order valence-corrected chi connectivity index (χ1v) is 6.85. The maximum Gasteiger partial charge on any atom is 0.499 e. The predicted octanol–water partition coefficient (Wildman–Crippen LogP) is -0.931. The first-order chi connectivity index (χ1) is 8.45. The number of phosphoric acid groups is 1. The zero-order valence-electron chi connectivity index (χ0n) is 10.8. The number of ether oxygens (including phenoxy) is 3. The molecule has 1 heterocycles. The lowest BCUT2D eigenvalue weighted by Gasteiger charge is -2.23. The Balaban J connectivity index is 2.76. The molecule has 0 aromatic carbocycles. The number of hydrogen-bond acceptors (Lipinski definition) is 7. The number of phosphoric ester groups is 1. The molecule has 0 aromatic heterocycles. The van der Waals surface area contributed by atoms with E-state index in [1.807, 2.05) is 0 Å². The molecule has 10 heteroatoms. The van der Waals surface area contributed by atoms with E-state index in [0.29, 0.717) is 0 Å². The molecule has 4 unspecified atom stereocenters. The van der Waals surface area contributed by atoms with E-state index < -0.39 is 26.1 Å². The zero-order chi connectivity index (χ0) is 13.8. The molecule has 1 fully saturated rings. The zero-order valence-corrected chi connectivity index (χ0v) is 11.7. The lowest BCUT2D eigenvalue weighted by Crippen LogP contribution is -2.38. The molecule has 0 aromatic rings. The molecule has 0 radical (unpaired) electrons. The van der Waals surface area contributed by atoms with Crippen molar-refractivity contribution in [3.05, 3.63) is 0 Å². The standard InChI is InChI=1S/C8H18BO8P/c1-12-4-5-6(7(13-2)8(9)15-5)16-18(10,11)17-14-3/h5-8H,4,9H2,1-3H3,(H,10,11)/t5?,6?,7-,8?/m0/s1. The summed E-state index contributed by atoms with van der Waals surface area (Å²) in [5, 5.41) is 0. The van der Waals surface area contributed by atoms with E-state index >= 15 is 0 Å².